The molecule has 1 amide bonds. The Kier molecular flexibility index (Phi) is 11.1. The van der Waals surface area contributed by atoms with Crippen molar-refractivity contribution in [3.05, 3.63) is 166 Å². The van der Waals surface area contributed by atoms with Gasteiger partial charge in [0.1, 0.15) is 23.3 Å². The molecule has 1 N–H and O–H groups in total. The summed E-state index contributed by atoms with van der Waals surface area (Å²) in [5.41, 5.74) is 5.45. The quantitative estimate of drug-likeness (QED) is 0.116. The van der Waals surface area contributed by atoms with E-state index in [1.165, 1.54) is 24.3 Å². The average molecular weight is 695 g/mol. The molecule has 3 heterocycles. The molecule has 0 unspecified atom stereocenters. The second-order valence-corrected chi connectivity index (χ2v) is 9.49. The van der Waals surface area contributed by atoms with Crippen molar-refractivity contribution in [1.29, 1.82) is 0 Å². The number of pyridine rings is 2. The maximum atomic E-state index is 13.6. The van der Waals surface area contributed by atoms with Gasteiger partial charge in [0.15, 0.2) is 12.4 Å². The van der Waals surface area contributed by atoms with Crippen LogP contribution in [0.3, 0.4) is 0 Å². The summed E-state index contributed by atoms with van der Waals surface area (Å²) in [6.07, 6.45) is 6.91. The zero-order valence-corrected chi connectivity index (χ0v) is 24.6. The Morgan fingerprint density at radius 1 is 0.767 bits per heavy atom. The zero-order valence-electron chi connectivity index (χ0n) is 22.4. The predicted octanol–water partition coefficient (Wildman–Crippen LogP) is 8.01. The molecule has 3 aromatic carbocycles. The highest BCUT2D eigenvalue weighted by molar-refractivity contribution is 14.1. The van der Waals surface area contributed by atoms with Crippen molar-refractivity contribution >= 4 is 40.1 Å². The number of halogens is 5. The number of nitrogens with zero attached hydrogens (tertiary/aromatic N) is 3. The summed E-state index contributed by atoms with van der Waals surface area (Å²) >= 11 is 1.98. The molecule has 10 heteroatoms. The van der Waals surface area contributed by atoms with Gasteiger partial charge in [-0.15, -0.1) is 5.43 Å². The van der Waals surface area contributed by atoms with Crippen molar-refractivity contribution in [1.82, 2.24) is 9.61 Å². The van der Waals surface area contributed by atoms with Crippen LogP contribution in [0.1, 0.15) is 15.9 Å². The first-order valence-electron chi connectivity index (χ1n) is 12.8. The van der Waals surface area contributed by atoms with E-state index in [1.54, 1.807) is 56.1 Å². The number of carbonyl (C=O) groups is 1. The molecule has 0 saturated carbocycles. The molecule has 0 aliphatic carbocycles. The molecule has 0 bridgehead atoms. The van der Waals surface area contributed by atoms with Crippen LogP contribution in [0.15, 0.2) is 132 Å². The lowest BCUT2D eigenvalue weighted by Crippen LogP contribution is -2.47. The second-order valence-electron chi connectivity index (χ2n) is 8.77. The summed E-state index contributed by atoms with van der Waals surface area (Å²) in [5.74, 6) is -2.39. The molecule has 0 spiro atoms. The van der Waals surface area contributed by atoms with Crippen molar-refractivity contribution in [2.24, 2.45) is 0 Å². The maximum absolute atomic E-state index is 13.6. The van der Waals surface area contributed by atoms with Crippen molar-refractivity contribution in [2.75, 3.05) is 5.43 Å². The number of benzene rings is 3. The molecule has 0 saturated heterocycles. The van der Waals surface area contributed by atoms with Crippen LogP contribution in [0.2, 0.25) is 0 Å². The van der Waals surface area contributed by atoms with Gasteiger partial charge in [0, 0.05) is 47.2 Å². The van der Waals surface area contributed by atoms with Gasteiger partial charge in [-0.1, -0.05) is 57.6 Å². The Morgan fingerprint density at radius 2 is 1.42 bits per heavy atom. The first-order chi connectivity index (χ1) is 20.8. The number of nitrogens with one attached hydrogen (secondary N) is 1. The third kappa shape index (κ3) is 9.07. The normalized spacial score (nSPS) is 10.4. The van der Waals surface area contributed by atoms with E-state index in [2.05, 4.69) is 10.5 Å². The smallest absolute Gasteiger partial charge is 0.264 e. The van der Waals surface area contributed by atoms with Gasteiger partial charge in [0.2, 0.25) is 0 Å². The number of fused-ring (bicyclic) bond motifs is 1. The topological polar surface area (TPSA) is 50.3 Å². The van der Waals surface area contributed by atoms with E-state index in [-0.39, 0.29) is 5.91 Å². The minimum atomic E-state index is -0.603. The number of aromatic nitrogens is 3. The maximum Gasteiger partial charge on any atom is 0.305 e. The average Bonchev–Trinajstić information content (AvgIpc) is 3.44. The fraction of sp³-hybridized carbons (Fsp3) is 0. The lowest BCUT2D eigenvalue weighted by Gasteiger charge is -1.98. The molecule has 216 valence electrons. The first-order valence-corrected chi connectivity index (χ1v) is 14.0. The number of hydrogen-bond donors (Lipinski definition) is 1. The van der Waals surface area contributed by atoms with Gasteiger partial charge >= 0.3 is 5.91 Å². The van der Waals surface area contributed by atoms with Gasteiger partial charge in [-0.25, -0.2) is 22.1 Å². The van der Waals surface area contributed by atoms with Crippen LogP contribution in [0.5, 0.6) is 0 Å². The summed E-state index contributed by atoms with van der Waals surface area (Å²) in [5, 5.41) is 4.23. The first kappa shape index (κ1) is 31.1. The molecule has 6 aromatic rings. The molecule has 0 aliphatic rings. The Morgan fingerprint density at radius 3 is 2.07 bits per heavy atom. The van der Waals surface area contributed by atoms with E-state index >= 15 is 0 Å². The fourth-order valence-corrected chi connectivity index (χ4v) is 4.10. The van der Waals surface area contributed by atoms with E-state index in [1.807, 2.05) is 77.2 Å². The third-order valence-corrected chi connectivity index (χ3v) is 6.12. The molecule has 5 nitrogen and oxygen atoms in total. The predicted molar refractivity (Wildman–Crippen MR) is 167 cm³/mol. The standard InChI is InChI=1S/C13H8F2N2.C12H10N2O.C8H5F2I/c14-9-4-5-11(12(15)7-9)13-8-10-3-1-2-6-17(10)16-13;15-12(11-7-3-1-4-8-11)13-14-9-5-2-6-10-14;9-7-2-1-6(3-4-11)8(10)5-7/h1-8H;1-10H;1-5H/p+1/b;;4-3+. The summed E-state index contributed by atoms with van der Waals surface area (Å²) < 4.78 is 56.4. The zero-order chi connectivity index (χ0) is 30.6. The van der Waals surface area contributed by atoms with Crippen molar-refractivity contribution in [3.8, 4) is 11.3 Å². The monoisotopic (exact) mass is 695 g/mol. The number of hydrogen-bond acceptors (Lipinski definition) is 2. The van der Waals surface area contributed by atoms with Crippen LogP contribution >= 0.6 is 22.6 Å². The highest BCUT2D eigenvalue weighted by Gasteiger charge is 2.10. The number of carbonyl (C=O) groups excluding carboxylic acids is 1. The summed E-state index contributed by atoms with van der Waals surface area (Å²) in [6.45, 7) is 0. The van der Waals surface area contributed by atoms with E-state index in [9.17, 15) is 22.4 Å². The van der Waals surface area contributed by atoms with Crippen LogP contribution in [0, 0.1) is 23.3 Å². The van der Waals surface area contributed by atoms with E-state index in [0.717, 1.165) is 17.6 Å². The van der Waals surface area contributed by atoms with Gasteiger partial charge in [0.25, 0.3) is 0 Å². The number of amides is 1. The van der Waals surface area contributed by atoms with E-state index in [4.69, 9.17) is 0 Å². The SMILES string of the molecule is Fc1ccc(-c2cc3ccccn3n2)c(F)c1.Fc1ccc(/C=C/I)c(F)c1.O=C(N[n+]1ccccc1)c1ccccc1. The molecule has 43 heavy (non-hydrogen) atoms. The molecule has 3 aromatic heterocycles. The van der Waals surface area contributed by atoms with Crippen LogP contribution in [0.4, 0.5) is 17.6 Å². The second kappa shape index (κ2) is 15.4. The molecule has 0 fully saturated rings. The minimum Gasteiger partial charge on any atom is -0.264 e. The Balaban J connectivity index is 0.000000151. The van der Waals surface area contributed by atoms with E-state index in [0.29, 0.717) is 22.4 Å². The molecule has 0 atom stereocenters. The highest BCUT2D eigenvalue weighted by Crippen LogP contribution is 2.23. The largest absolute Gasteiger partial charge is 0.305 e. The molecular formula is C33H24F4IN4O+. The summed E-state index contributed by atoms with van der Waals surface area (Å²) in [4.78, 5) is 11.7. The van der Waals surface area contributed by atoms with Gasteiger partial charge in [-0.05, 0) is 64.8 Å². The van der Waals surface area contributed by atoms with Gasteiger partial charge in [-0.2, -0.15) is 5.10 Å². The fourth-order valence-electron chi connectivity index (χ4n) is 3.72. The summed E-state index contributed by atoms with van der Waals surface area (Å²) in [6, 6.07) is 29.0. The van der Waals surface area contributed by atoms with Gasteiger partial charge < -0.3 is 0 Å². The Labute approximate surface area is 258 Å². The third-order valence-electron chi connectivity index (χ3n) is 5.76. The van der Waals surface area contributed by atoms with Crippen LogP contribution in [-0.2, 0) is 0 Å². The van der Waals surface area contributed by atoms with Crippen molar-refractivity contribution in [3.63, 3.8) is 0 Å². The van der Waals surface area contributed by atoms with Crippen LogP contribution in [0.25, 0.3) is 22.9 Å². The van der Waals surface area contributed by atoms with Crippen LogP contribution in [-0.4, -0.2) is 15.5 Å². The highest BCUT2D eigenvalue weighted by atomic mass is 127. The Bertz CT molecular complexity index is 1800. The lowest BCUT2D eigenvalue weighted by atomic mass is 10.1. The van der Waals surface area contributed by atoms with Gasteiger partial charge in [0.05, 0.1) is 11.2 Å². The molecule has 0 aliphatic heterocycles. The summed E-state index contributed by atoms with van der Waals surface area (Å²) in [7, 11) is 0. The van der Waals surface area contributed by atoms with Crippen LogP contribution < -0.4 is 10.1 Å². The Hall–Kier alpha value is -4.84. The lowest BCUT2D eigenvalue weighted by molar-refractivity contribution is -0.641. The molecular weight excluding hydrogens is 671 g/mol. The van der Waals surface area contributed by atoms with Crippen molar-refractivity contribution < 1.29 is 27.0 Å². The number of rotatable bonds is 4. The van der Waals surface area contributed by atoms with Gasteiger partial charge in [-0.3, -0.25) is 4.79 Å². The minimum absolute atomic E-state index is 0.119. The molecule has 0 radical (unpaired) electrons. The molecule has 6 rings (SSSR count). The van der Waals surface area contributed by atoms with E-state index < -0.39 is 23.3 Å². The van der Waals surface area contributed by atoms with Crippen molar-refractivity contribution in [2.45, 2.75) is 0 Å².